The highest BCUT2D eigenvalue weighted by Crippen LogP contribution is 2.43. The number of para-hydroxylation sites is 4. The van der Waals surface area contributed by atoms with Gasteiger partial charge in [-0.1, -0.05) is 170 Å². The summed E-state index contributed by atoms with van der Waals surface area (Å²) < 4.78 is 4.74. The highest BCUT2D eigenvalue weighted by atomic mass is 15.1. The molecule has 2 aromatic heterocycles. The fraction of sp³-hybridized carbons (Fsp3) is 0. The van der Waals surface area contributed by atoms with E-state index < -0.39 is 0 Å². The number of nitrogens with zero attached hydrogens (tertiary/aromatic N) is 4. The number of hydrogen-bond donors (Lipinski definition) is 0. The summed E-state index contributed by atoms with van der Waals surface area (Å²) in [6, 6.07) is 101. The molecule has 4 nitrogen and oxygen atoms in total. The molecule has 0 saturated carbocycles. The van der Waals surface area contributed by atoms with Crippen LogP contribution >= 0.6 is 0 Å². The second kappa shape index (κ2) is 18.1. The first-order valence-electron chi connectivity index (χ1n) is 25.3. The quantitative estimate of drug-likeness (QED) is 0.127. The van der Waals surface area contributed by atoms with Gasteiger partial charge in [0.25, 0.3) is 0 Å². The van der Waals surface area contributed by atoms with Gasteiger partial charge < -0.3 is 18.9 Å². The number of benzene rings is 12. The topological polar surface area (TPSA) is 16.3 Å². The van der Waals surface area contributed by atoms with Gasteiger partial charge in [-0.3, -0.25) is 0 Å². The predicted octanol–water partition coefficient (Wildman–Crippen LogP) is 19.3. The van der Waals surface area contributed by atoms with E-state index in [0.717, 1.165) is 56.6 Å². The number of fused-ring (bicyclic) bond motifs is 8. The number of aromatic nitrogens is 2. The summed E-state index contributed by atoms with van der Waals surface area (Å²) in [6.45, 7) is 0. The van der Waals surface area contributed by atoms with E-state index in [4.69, 9.17) is 0 Å². The van der Waals surface area contributed by atoms with Crippen LogP contribution in [0.5, 0.6) is 0 Å². The number of rotatable bonds is 10. The minimum absolute atomic E-state index is 1.09. The van der Waals surface area contributed by atoms with Crippen LogP contribution in [0.3, 0.4) is 0 Å². The monoisotopic (exact) mass is 944 g/mol. The van der Waals surface area contributed by atoms with Crippen LogP contribution in [0.1, 0.15) is 11.1 Å². The van der Waals surface area contributed by atoms with Gasteiger partial charge >= 0.3 is 0 Å². The zero-order chi connectivity index (χ0) is 49.0. The van der Waals surface area contributed by atoms with E-state index in [0.29, 0.717) is 0 Å². The van der Waals surface area contributed by atoms with Crippen LogP contribution in [-0.4, -0.2) is 9.13 Å². The summed E-state index contributed by atoms with van der Waals surface area (Å²) in [5.41, 5.74) is 15.9. The van der Waals surface area contributed by atoms with E-state index in [-0.39, 0.29) is 0 Å². The van der Waals surface area contributed by atoms with Crippen molar-refractivity contribution < 1.29 is 0 Å². The molecule has 0 bridgehead atoms. The fourth-order valence-corrected chi connectivity index (χ4v) is 11.1. The first-order chi connectivity index (χ1) is 36.7. The number of anilines is 6. The predicted molar refractivity (Wildman–Crippen MR) is 315 cm³/mol. The van der Waals surface area contributed by atoms with Gasteiger partial charge in [-0.25, -0.2) is 0 Å². The minimum Gasteiger partial charge on any atom is -0.310 e. The van der Waals surface area contributed by atoms with Gasteiger partial charge in [0, 0.05) is 67.0 Å². The van der Waals surface area contributed by atoms with Crippen LogP contribution < -0.4 is 9.80 Å². The number of hydrogen-bond acceptors (Lipinski definition) is 2. The highest BCUT2D eigenvalue weighted by Gasteiger charge is 2.20. The molecule has 14 aromatic rings. The molecule has 14 rings (SSSR count). The van der Waals surface area contributed by atoms with Gasteiger partial charge in [-0.15, -0.1) is 0 Å². The van der Waals surface area contributed by atoms with E-state index >= 15 is 0 Å². The van der Waals surface area contributed by atoms with E-state index in [1.807, 2.05) is 0 Å². The lowest BCUT2D eigenvalue weighted by molar-refractivity contribution is 1.18. The Morgan fingerprint density at radius 3 is 0.986 bits per heavy atom. The minimum atomic E-state index is 1.09. The Kier molecular flexibility index (Phi) is 10.5. The lowest BCUT2D eigenvalue weighted by atomic mass is 10.1. The van der Waals surface area contributed by atoms with Gasteiger partial charge in [0.05, 0.1) is 22.1 Å². The Bertz CT molecular complexity index is 4130. The van der Waals surface area contributed by atoms with Crippen molar-refractivity contribution in [3.05, 3.63) is 290 Å². The summed E-state index contributed by atoms with van der Waals surface area (Å²) in [5, 5.41) is 9.73. The van der Waals surface area contributed by atoms with Crippen LogP contribution in [-0.2, 0) is 0 Å². The summed E-state index contributed by atoms with van der Waals surface area (Å²) in [5.74, 6) is 0. The smallest absolute Gasteiger partial charge is 0.0542 e. The molecule has 348 valence electrons. The van der Waals surface area contributed by atoms with Crippen molar-refractivity contribution in [3.8, 4) is 11.4 Å². The molecule has 0 atom stereocenters. The summed E-state index contributed by atoms with van der Waals surface area (Å²) in [6.07, 6.45) is 4.42. The molecule has 0 amide bonds. The maximum atomic E-state index is 2.38. The fourth-order valence-electron chi connectivity index (χ4n) is 11.1. The average Bonchev–Trinajstić information content (AvgIpc) is 3.98. The lowest BCUT2D eigenvalue weighted by Crippen LogP contribution is -2.10. The van der Waals surface area contributed by atoms with Gasteiger partial charge in [0.1, 0.15) is 0 Å². The third kappa shape index (κ3) is 7.56. The van der Waals surface area contributed by atoms with Gasteiger partial charge in [0.15, 0.2) is 0 Å². The molecule has 0 aliphatic heterocycles. The Labute approximate surface area is 429 Å². The van der Waals surface area contributed by atoms with E-state index in [1.54, 1.807) is 0 Å². The van der Waals surface area contributed by atoms with Crippen LogP contribution in [0.25, 0.3) is 88.7 Å². The zero-order valence-electron chi connectivity index (χ0n) is 40.5. The van der Waals surface area contributed by atoms with Crippen molar-refractivity contribution in [2.45, 2.75) is 0 Å². The molecule has 2 heterocycles. The first kappa shape index (κ1) is 42.9. The van der Waals surface area contributed by atoms with Crippen molar-refractivity contribution >= 4 is 111 Å². The average molecular weight is 945 g/mol. The van der Waals surface area contributed by atoms with E-state index in [9.17, 15) is 0 Å². The van der Waals surface area contributed by atoms with Gasteiger partial charge in [-0.2, -0.15) is 0 Å². The highest BCUT2D eigenvalue weighted by molar-refractivity contribution is 6.12. The molecule has 4 heteroatoms. The SMILES string of the molecule is C(=C\c1ccc(N(c2ccc3ccccc3c2)c2ccc3c(c2)c2ccccc2n3-c2ccccc2)cc1)/c1ccc(N(c2ccc3ccccc3c2)c2ccc3c(c2)c2ccccc2n3-c2ccccc2)cc1. The molecule has 74 heavy (non-hydrogen) atoms. The Balaban J connectivity index is 0.806. The standard InChI is InChI=1S/C70H48N4/c1-3-19-55(20-4-1)73-67-25-13-11-23-63(67)65-47-61(41-43-69(65)73)71(59-39-33-51-15-7-9-17-53(51)45-59)57-35-29-49(30-36-57)27-28-50-31-37-58(38-32-50)72(60-40-34-52-16-8-10-18-54(52)46-60)62-42-44-70-66(48-62)64-24-12-14-26-68(64)74(70)56-21-5-2-6-22-56/h1-48H/b28-27+. The molecular formula is C70H48N4. The largest absolute Gasteiger partial charge is 0.310 e. The first-order valence-corrected chi connectivity index (χ1v) is 25.3. The maximum Gasteiger partial charge on any atom is 0.0542 e. The summed E-state index contributed by atoms with van der Waals surface area (Å²) in [4.78, 5) is 4.76. The molecular weight excluding hydrogens is 897 g/mol. The van der Waals surface area contributed by atoms with Crippen molar-refractivity contribution in [2.24, 2.45) is 0 Å². The zero-order valence-corrected chi connectivity index (χ0v) is 40.5. The third-order valence-electron chi connectivity index (χ3n) is 14.6. The Morgan fingerprint density at radius 1 is 0.230 bits per heavy atom. The molecule has 0 radical (unpaired) electrons. The summed E-state index contributed by atoms with van der Waals surface area (Å²) in [7, 11) is 0. The molecule has 0 spiro atoms. The summed E-state index contributed by atoms with van der Waals surface area (Å²) >= 11 is 0. The van der Waals surface area contributed by atoms with Crippen LogP contribution in [0.4, 0.5) is 34.1 Å². The molecule has 0 fully saturated rings. The van der Waals surface area contributed by atoms with Crippen molar-refractivity contribution in [2.75, 3.05) is 9.80 Å². The van der Waals surface area contributed by atoms with Gasteiger partial charge in [-0.05, 0) is 154 Å². The molecule has 0 aliphatic carbocycles. The molecule has 0 N–H and O–H groups in total. The Morgan fingerprint density at radius 2 is 0.554 bits per heavy atom. The molecule has 0 aliphatic rings. The van der Waals surface area contributed by atoms with Crippen molar-refractivity contribution in [3.63, 3.8) is 0 Å². The normalized spacial score (nSPS) is 11.7. The second-order valence-corrected chi connectivity index (χ2v) is 19.0. The van der Waals surface area contributed by atoms with E-state index in [1.165, 1.54) is 65.2 Å². The van der Waals surface area contributed by atoms with Crippen LogP contribution in [0.2, 0.25) is 0 Å². The van der Waals surface area contributed by atoms with Crippen molar-refractivity contribution in [1.82, 2.24) is 9.13 Å². The molecule has 0 saturated heterocycles. The van der Waals surface area contributed by atoms with Gasteiger partial charge in [0.2, 0.25) is 0 Å². The Hall–Kier alpha value is -9.90. The molecule has 0 unspecified atom stereocenters. The van der Waals surface area contributed by atoms with Crippen LogP contribution in [0.15, 0.2) is 279 Å². The second-order valence-electron chi connectivity index (χ2n) is 19.0. The lowest BCUT2D eigenvalue weighted by Gasteiger charge is -2.26. The molecule has 12 aromatic carbocycles. The van der Waals surface area contributed by atoms with E-state index in [2.05, 4.69) is 310 Å². The third-order valence-corrected chi connectivity index (χ3v) is 14.6. The maximum absolute atomic E-state index is 2.38. The van der Waals surface area contributed by atoms with Crippen LogP contribution in [0, 0.1) is 0 Å². The van der Waals surface area contributed by atoms with Crippen molar-refractivity contribution in [1.29, 1.82) is 0 Å².